The second-order valence-electron chi connectivity index (χ2n) is 10.9. The lowest BCUT2D eigenvalue weighted by Crippen LogP contribution is -1.99. The highest BCUT2D eigenvalue weighted by molar-refractivity contribution is 5.86. The molecule has 0 atom stereocenters. The molecule has 0 amide bonds. The van der Waals surface area contributed by atoms with Gasteiger partial charge >= 0.3 is 0 Å². The second-order valence-corrected chi connectivity index (χ2v) is 10.9. The van der Waals surface area contributed by atoms with Gasteiger partial charge in [-0.1, -0.05) is 133 Å². The molecule has 0 unspecified atom stereocenters. The van der Waals surface area contributed by atoms with Crippen LogP contribution in [0.15, 0.2) is 205 Å². The monoisotopic (exact) mass is 628 g/mol. The Hall–Kier alpha value is -6.26. The largest absolute Gasteiger partial charge is 0.493 e. The standard InChI is InChI=1S/C44H36O4/c1-45-41(27-15-25-39-29-37(33-17-7-3-8-18-33)31-43(47-39)35-21-11-5-12-22-35)42(46-2)28-16-26-40-30-38(34-19-9-4-10-20-34)32-44(48-40)36-23-13-6-14-24-36/h3-32H,1-2H3/b27-15+,28-16+,39-25+,40-26+,42-41+. The molecule has 0 aliphatic carbocycles. The van der Waals surface area contributed by atoms with Gasteiger partial charge in [-0.05, 0) is 70.9 Å². The van der Waals surface area contributed by atoms with Crippen LogP contribution in [-0.2, 0) is 18.9 Å². The van der Waals surface area contributed by atoms with Crippen LogP contribution in [0.25, 0.3) is 22.7 Å². The Kier molecular flexibility index (Phi) is 10.5. The summed E-state index contributed by atoms with van der Waals surface area (Å²) in [6.45, 7) is 0. The summed E-state index contributed by atoms with van der Waals surface area (Å²) in [5.74, 6) is 4.10. The van der Waals surface area contributed by atoms with Gasteiger partial charge in [0.1, 0.15) is 23.0 Å². The average molecular weight is 629 g/mol. The van der Waals surface area contributed by atoms with Crippen LogP contribution >= 0.6 is 0 Å². The zero-order chi connectivity index (χ0) is 33.0. The highest BCUT2D eigenvalue weighted by Crippen LogP contribution is 2.33. The maximum Gasteiger partial charge on any atom is 0.160 e. The summed E-state index contributed by atoms with van der Waals surface area (Å²) in [5.41, 5.74) is 6.37. The smallest absolute Gasteiger partial charge is 0.160 e. The third-order valence-electron chi connectivity index (χ3n) is 7.65. The van der Waals surface area contributed by atoms with Crippen LogP contribution in [0, 0.1) is 0 Å². The van der Waals surface area contributed by atoms with Crippen LogP contribution in [0.2, 0.25) is 0 Å². The van der Waals surface area contributed by atoms with Gasteiger partial charge in [-0.25, -0.2) is 0 Å². The quantitative estimate of drug-likeness (QED) is 0.129. The Balaban J connectivity index is 1.25. The number of hydrogen-bond donors (Lipinski definition) is 0. The van der Waals surface area contributed by atoms with Gasteiger partial charge in [0.25, 0.3) is 0 Å². The Labute approximate surface area is 282 Å². The number of allylic oxidation sites excluding steroid dienone is 12. The van der Waals surface area contributed by atoms with Crippen LogP contribution in [0.1, 0.15) is 22.3 Å². The molecular formula is C44H36O4. The van der Waals surface area contributed by atoms with E-state index in [2.05, 4.69) is 36.4 Å². The van der Waals surface area contributed by atoms with Crippen molar-refractivity contribution in [2.75, 3.05) is 14.2 Å². The lowest BCUT2D eigenvalue weighted by molar-refractivity contribution is 0.241. The van der Waals surface area contributed by atoms with Crippen molar-refractivity contribution in [3.63, 3.8) is 0 Å². The van der Waals surface area contributed by atoms with Crippen molar-refractivity contribution in [1.29, 1.82) is 0 Å². The van der Waals surface area contributed by atoms with Crippen molar-refractivity contribution in [3.05, 3.63) is 227 Å². The summed E-state index contributed by atoms with van der Waals surface area (Å²) in [7, 11) is 3.24. The molecule has 4 aromatic rings. The minimum absolute atomic E-state index is 0.556. The van der Waals surface area contributed by atoms with E-state index in [1.807, 2.05) is 146 Å². The van der Waals surface area contributed by atoms with E-state index in [9.17, 15) is 0 Å². The number of benzene rings is 4. The van der Waals surface area contributed by atoms with Gasteiger partial charge in [0, 0.05) is 11.1 Å². The third kappa shape index (κ3) is 8.11. The Bertz CT molecular complexity index is 1840. The van der Waals surface area contributed by atoms with Crippen molar-refractivity contribution < 1.29 is 18.9 Å². The molecule has 0 fully saturated rings. The van der Waals surface area contributed by atoms with Gasteiger partial charge in [0.15, 0.2) is 11.5 Å². The fraction of sp³-hybridized carbons (Fsp3) is 0.0455. The summed E-state index contributed by atoms with van der Waals surface area (Å²) < 4.78 is 24.0. The maximum atomic E-state index is 6.30. The molecule has 0 saturated heterocycles. The molecule has 0 radical (unpaired) electrons. The van der Waals surface area contributed by atoms with Crippen molar-refractivity contribution in [1.82, 2.24) is 0 Å². The van der Waals surface area contributed by atoms with Crippen molar-refractivity contribution in [2.45, 2.75) is 0 Å². The molecule has 0 spiro atoms. The molecule has 0 saturated carbocycles. The van der Waals surface area contributed by atoms with E-state index < -0.39 is 0 Å². The highest BCUT2D eigenvalue weighted by atomic mass is 16.5. The summed E-state index contributed by atoms with van der Waals surface area (Å²) >= 11 is 0. The molecule has 4 heteroatoms. The van der Waals surface area contributed by atoms with Gasteiger partial charge in [0.2, 0.25) is 0 Å². The van der Waals surface area contributed by atoms with Gasteiger partial charge in [0.05, 0.1) is 14.2 Å². The van der Waals surface area contributed by atoms with Gasteiger partial charge < -0.3 is 18.9 Å². The number of methoxy groups -OCH3 is 2. The van der Waals surface area contributed by atoms with Crippen LogP contribution in [0.4, 0.5) is 0 Å². The van der Waals surface area contributed by atoms with Gasteiger partial charge in [-0.2, -0.15) is 0 Å². The maximum absolute atomic E-state index is 6.30. The molecule has 2 aliphatic heterocycles. The molecule has 6 rings (SSSR count). The van der Waals surface area contributed by atoms with E-state index in [1.165, 1.54) is 0 Å². The number of rotatable bonds is 10. The van der Waals surface area contributed by atoms with Crippen molar-refractivity contribution in [2.24, 2.45) is 0 Å². The van der Waals surface area contributed by atoms with E-state index in [0.717, 1.165) is 44.9 Å². The van der Waals surface area contributed by atoms with E-state index in [-0.39, 0.29) is 0 Å². The number of ether oxygens (including phenoxy) is 4. The molecule has 0 N–H and O–H groups in total. The minimum atomic E-state index is 0.556. The molecule has 2 heterocycles. The zero-order valence-corrected chi connectivity index (χ0v) is 27.0. The molecule has 0 aromatic heterocycles. The van der Waals surface area contributed by atoms with Crippen molar-refractivity contribution >= 4 is 22.7 Å². The van der Waals surface area contributed by atoms with Crippen LogP contribution in [-0.4, -0.2) is 14.2 Å². The molecule has 48 heavy (non-hydrogen) atoms. The first kappa shape index (κ1) is 31.7. The fourth-order valence-corrected chi connectivity index (χ4v) is 5.25. The topological polar surface area (TPSA) is 36.9 Å². The Morgan fingerprint density at radius 1 is 0.438 bits per heavy atom. The fourth-order valence-electron chi connectivity index (χ4n) is 5.25. The van der Waals surface area contributed by atoms with Gasteiger partial charge in [-0.3, -0.25) is 0 Å². The normalized spacial score (nSPS) is 16.8. The highest BCUT2D eigenvalue weighted by Gasteiger charge is 2.15. The van der Waals surface area contributed by atoms with Crippen LogP contribution < -0.4 is 0 Å². The SMILES string of the molecule is COC(/C=C/C=C1\C=C(c2ccccc2)C=C(c2ccccc2)O1)=C(\C=C\C=C1/C=C(c2ccccc2)C=C(c2ccccc2)O1)OC. The summed E-state index contributed by atoms with van der Waals surface area (Å²) in [4.78, 5) is 0. The predicted octanol–water partition coefficient (Wildman–Crippen LogP) is 10.7. The predicted molar refractivity (Wildman–Crippen MR) is 195 cm³/mol. The molecule has 236 valence electrons. The first-order valence-corrected chi connectivity index (χ1v) is 15.7. The Morgan fingerprint density at radius 3 is 1.10 bits per heavy atom. The Morgan fingerprint density at radius 2 is 0.771 bits per heavy atom. The van der Waals surface area contributed by atoms with Crippen molar-refractivity contribution in [3.8, 4) is 0 Å². The zero-order valence-electron chi connectivity index (χ0n) is 27.0. The molecule has 4 aromatic carbocycles. The summed E-state index contributed by atoms with van der Waals surface area (Å²) in [6, 6.07) is 40.7. The summed E-state index contributed by atoms with van der Waals surface area (Å²) in [6.07, 6.45) is 19.5. The molecule has 2 aliphatic rings. The van der Waals surface area contributed by atoms with E-state index in [1.54, 1.807) is 14.2 Å². The third-order valence-corrected chi connectivity index (χ3v) is 7.65. The average Bonchev–Trinajstić information content (AvgIpc) is 3.16. The van der Waals surface area contributed by atoms with Crippen LogP contribution in [0.5, 0.6) is 0 Å². The summed E-state index contributed by atoms with van der Waals surface area (Å²) in [5, 5.41) is 0. The van der Waals surface area contributed by atoms with E-state index in [4.69, 9.17) is 18.9 Å². The lowest BCUT2D eigenvalue weighted by atomic mass is 10.0. The molecule has 0 bridgehead atoms. The molecule has 4 nitrogen and oxygen atoms in total. The first-order chi connectivity index (χ1) is 23.7. The van der Waals surface area contributed by atoms with E-state index in [0.29, 0.717) is 23.0 Å². The van der Waals surface area contributed by atoms with E-state index >= 15 is 0 Å². The minimum Gasteiger partial charge on any atom is -0.493 e. The molecular weight excluding hydrogens is 592 g/mol. The number of hydrogen-bond acceptors (Lipinski definition) is 4. The lowest BCUT2D eigenvalue weighted by Gasteiger charge is -2.18. The van der Waals surface area contributed by atoms with Gasteiger partial charge in [-0.15, -0.1) is 0 Å². The van der Waals surface area contributed by atoms with Crippen LogP contribution in [0.3, 0.4) is 0 Å². The first-order valence-electron chi connectivity index (χ1n) is 15.7. The second kappa shape index (κ2) is 15.8.